The zero-order valence-corrected chi connectivity index (χ0v) is 13.9. The molecule has 0 spiro atoms. The molecule has 0 aliphatic rings. The smallest absolute Gasteiger partial charge is 0.240 e. The van der Waals surface area contributed by atoms with Crippen LogP contribution in [0.3, 0.4) is 0 Å². The number of carbonyl (C=O) groups is 2. The molecule has 2 amide bonds. The van der Waals surface area contributed by atoms with E-state index in [4.69, 9.17) is 0 Å². The van der Waals surface area contributed by atoms with E-state index >= 15 is 0 Å². The summed E-state index contributed by atoms with van der Waals surface area (Å²) >= 11 is 0. The number of carbonyl (C=O) groups excluding carboxylic acids is 2. The summed E-state index contributed by atoms with van der Waals surface area (Å²) in [5, 5.41) is 5.79. The van der Waals surface area contributed by atoms with Gasteiger partial charge in [0, 0.05) is 13.0 Å². The minimum atomic E-state index is -0.256. The second-order valence-corrected chi connectivity index (χ2v) is 5.54. The lowest BCUT2D eigenvalue weighted by Crippen LogP contribution is -2.31. The number of rotatable bonds is 7. The summed E-state index contributed by atoms with van der Waals surface area (Å²) in [5.74, 6) is 0.608. The molecular formula is C17H24N4O2. The van der Waals surface area contributed by atoms with E-state index in [1.54, 1.807) is 0 Å². The highest BCUT2D eigenvalue weighted by Crippen LogP contribution is 2.20. The van der Waals surface area contributed by atoms with E-state index in [0.717, 1.165) is 17.5 Å². The van der Waals surface area contributed by atoms with Crippen molar-refractivity contribution < 1.29 is 9.59 Å². The van der Waals surface area contributed by atoms with E-state index in [-0.39, 0.29) is 24.4 Å². The molecule has 0 bridgehead atoms. The van der Waals surface area contributed by atoms with Gasteiger partial charge in [0.15, 0.2) is 0 Å². The van der Waals surface area contributed by atoms with Gasteiger partial charge in [0.2, 0.25) is 11.8 Å². The highest BCUT2D eigenvalue weighted by Gasteiger charge is 2.19. The molecule has 1 atom stereocenters. The molecule has 0 aliphatic carbocycles. The molecule has 1 heterocycles. The molecule has 1 aromatic carbocycles. The van der Waals surface area contributed by atoms with Gasteiger partial charge in [-0.15, -0.1) is 0 Å². The number of imidazole rings is 1. The summed E-state index contributed by atoms with van der Waals surface area (Å²) in [7, 11) is 0. The van der Waals surface area contributed by atoms with Crippen LogP contribution in [-0.4, -0.2) is 27.9 Å². The van der Waals surface area contributed by atoms with Gasteiger partial charge in [0.05, 0.1) is 17.1 Å². The van der Waals surface area contributed by atoms with Crippen LogP contribution in [0.5, 0.6) is 0 Å². The van der Waals surface area contributed by atoms with E-state index < -0.39 is 0 Å². The molecule has 0 saturated carbocycles. The Morgan fingerprint density at radius 1 is 1.22 bits per heavy atom. The van der Waals surface area contributed by atoms with E-state index in [0.29, 0.717) is 18.8 Å². The SMILES string of the molecule is CCCNC(=O)Cn1c(C(C)NC(=O)CC)nc2ccccc21. The Morgan fingerprint density at radius 2 is 1.96 bits per heavy atom. The molecule has 0 fully saturated rings. The number of nitrogens with zero attached hydrogens (tertiary/aromatic N) is 2. The Balaban J connectivity index is 2.33. The lowest BCUT2D eigenvalue weighted by atomic mass is 10.3. The molecule has 2 rings (SSSR count). The first-order valence-electron chi connectivity index (χ1n) is 8.08. The lowest BCUT2D eigenvalue weighted by molar-refractivity contribution is -0.121. The number of para-hydroxylation sites is 2. The fourth-order valence-corrected chi connectivity index (χ4v) is 2.46. The van der Waals surface area contributed by atoms with Crippen molar-refractivity contribution in [3.8, 4) is 0 Å². The molecule has 0 saturated heterocycles. The van der Waals surface area contributed by atoms with E-state index in [1.807, 2.05) is 49.6 Å². The number of benzene rings is 1. The average Bonchev–Trinajstić information content (AvgIpc) is 2.91. The van der Waals surface area contributed by atoms with Crippen LogP contribution >= 0.6 is 0 Å². The first-order chi connectivity index (χ1) is 11.1. The molecule has 1 aromatic heterocycles. The second kappa shape index (κ2) is 7.76. The Morgan fingerprint density at radius 3 is 2.65 bits per heavy atom. The van der Waals surface area contributed by atoms with Crippen LogP contribution in [-0.2, 0) is 16.1 Å². The Bertz CT molecular complexity index is 693. The molecule has 0 aliphatic heterocycles. The Labute approximate surface area is 136 Å². The molecule has 124 valence electrons. The van der Waals surface area contributed by atoms with Gasteiger partial charge in [-0.3, -0.25) is 9.59 Å². The van der Waals surface area contributed by atoms with Gasteiger partial charge < -0.3 is 15.2 Å². The summed E-state index contributed by atoms with van der Waals surface area (Å²) in [6, 6.07) is 7.43. The molecule has 6 heteroatoms. The molecule has 2 N–H and O–H groups in total. The molecule has 6 nitrogen and oxygen atoms in total. The van der Waals surface area contributed by atoms with E-state index in [2.05, 4.69) is 15.6 Å². The van der Waals surface area contributed by atoms with Crippen LogP contribution < -0.4 is 10.6 Å². The molecular weight excluding hydrogens is 292 g/mol. The van der Waals surface area contributed by atoms with Gasteiger partial charge in [-0.1, -0.05) is 26.0 Å². The molecule has 1 unspecified atom stereocenters. The highest BCUT2D eigenvalue weighted by molar-refractivity contribution is 5.81. The van der Waals surface area contributed by atoms with Gasteiger partial charge >= 0.3 is 0 Å². The monoisotopic (exact) mass is 316 g/mol. The fourth-order valence-electron chi connectivity index (χ4n) is 2.46. The van der Waals surface area contributed by atoms with E-state index in [9.17, 15) is 9.59 Å². The fraction of sp³-hybridized carbons (Fsp3) is 0.471. The highest BCUT2D eigenvalue weighted by atomic mass is 16.2. The average molecular weight is 316 g/mol. The zero-order chi connectivity index (χ0) is 16.8. The summed E-state index contributed by atoms with van der Waals surface area (Å²) in [5.41, 5.74) is 1.72. The van der Waals surface area contributed by atoms with Crippen molar-refractivity contribution in [2.45, 2.75) is 46.2 Å². The number of amides is 2. The Hall–Kier alpha value is -2.37. The van der Waals surface area contributed by atoms with Crippen molar-refractivity contribution in [3.63, 3.8) is 0 Å². The van der Waals surface area contributed by atoms with Gasteiger partial charge in [-0.05, 0) is 25.5 Å². The predicted octanol–water partition coefficient (Wildman–Crippen LogP) is 2.15. The normalized spacial score (nSPS) is 12.1. The first kappa shape index (κ1) is 17.0. The molecule has 2 aromatic rings. The van der Waals surface area contributed by atoms with Crippen LogP contribution in [0.1, 0.15) is 45.5 Å². The van der Waals surface area contributed by atoms with Crippen LogP contribution in [0.15, 0.2) is 24.3 Å². The number of aromatic nitrogens is 2. The minimum Gasteiger partial charge on any atom is -0.355 e. The maximum atomic E-state index is 12.1. The second-order valence-electron chi connectivity index (χ2n) is 5.54. The zero-order valence-electron chi connectivity index (χ0n) is 13.9. The summed E-state index contributed by atoms with van der Waals surface area (Å²) in [6.45, 7) is 6.56. The number of hydrogen-bond acceptors (Lipinski definition) is 3. The van der Waals surface area contributed by atoms with Crippen molar-refractivity contribution in [2.24, 2.45) is 0 Å². The van der Waals surface area contributed by atoms with Crippen LogP contribution in [0.25, 0.3) is 11.0 Å². The predicted molar refractivity (Wildman–Crippen MR) is 89.9 cm³/mol. The maximum absolute atomic E-state index is 12.1. The van der Waals surface area contributed by atoms with Crippen molar-refractivity contribution in [2.75, 3.05) is 6.54 Å². The summed E-state index contributed by atoms with van der Waals surface area (Å²) in [4.78, 5) is 28.4. The first-order valence-corrected chi connectivity index (χ1v) is 8.08. The van der Waals surface area contributed by atoms with Crippen molar-refractivity contribution in [1.29, 1.82) is 0 Å². The third-order valence-electron chi connectivity index (χ3n) is 3.64. The summed E-state index contributed by atoms with van der Waals surface area (Å²) in [6.07, 6.45) is 1.31. The maximum Gasteiger partial charge on any atom is 0.240 e. The van der Waals surface area contributed by atoms with Crippen molar-refractivity contribution in [1.82, 2.24) is 20.2 Å². The van der Waals surface area contributed by atoms with Gasteiger partial charge in [0.25, 0.3) is 0 Å². The van der Waals surface area contributed by atoms with Crippen LogP contribution in [0.4, 0.5) is 0 Å². The lowest BCUT2D eigenvalue weighted by Gasteiger charge is -2.16. The Kier molecular flexibility index (Phi) is 5.73. The van der Waals surface area contributed by atoms with Crippen LogP contribution in [0.2, 0.25) is 0 Å². The third kappa shape index (κ3) is 4.09. The summed E-state index contributed by atoms with van der Waals surface area (Å²) < 4.78 is 1.88. The van der Waals surface area contributed by atoms with Crippen molar-refractivity contribution >= 4 is 22.8 Å². The third-order valence-corrected chi connectivity index (χ3v) is 3.64. The quantitative estimate of drug-likeness (QED) is 0.822. The van der Waals surface area contributed by atoms with Gasteiger partial charge in [-0.25, -0.2) is 4.98 Å². The molecule has 23 heavy (non-hydrogen) atoms. The topological polar surface area (TPSA) is 76.0 Å². The van der Waals surface area contributed by atoms with Crippen molar-refractivity contribution in [3.05, 3.63) is 30.1 Å². The van der Waals surface area contributed by atoms with Gasteiger partial charge in [0.1, 0.15) is 12.4 Å². The largest absolute Gasteiger partial charge is 0.355 e. The number of nitrogens with one attached hydrogen (secondary N) is 2. The van der Waals surface area contributed by atoms with Crippen LogP contribution in [0, 0.1) is 0 Å². The number of fused-ring (bicyclic) bond motifs is 1. The van der Waals surface area contributed by atoms with Gasteiger partial charge in [-0.2, -0.15) is 0 Å². The standard InChI is InChI=1S/C17H24N4O2/c1-4-10-18-16(23)11-21-14-9-7-6-8-13(14)20-17(21)12(3)19-15(22)5-2/h6-9,12H,4-5,10-11H2,1-3H3,(H,18,23)(H,19,22). The minimum absolute atomic E-state index is 0.0356. The molecule has 0 radical (unpaired) electrons. The van der Waals surface area contributed by atoms with E-state index in [1.165, 1.54) is 0 Å². The number of hydrogen-bond donors (Lipinski definition) is 2.